The minimum Gasteiger partial charge on any atom is -0.342 e. The summed E-state index contributed by atoms with van der Waals surface area (Å²) >= 11 is 0. The molecule has 1 amide bonds. The molecule has 2 aliphatic rings. The van der Waals surface area contributed by atoms with Crippen LogP contribution in [-0.4, -0.2) is 56.1 Å². The Morgan fingerprint density at radius 2 is 2.24 bits per heavy atom. The fraction of sp³-hybridized carbons (Fsp3) is 0.667. The van der Waals surface area contributed by atoms with E-state index in [1.54, 1.807) is 4.52 Å². The number of rotatable bonds is 3. The van der Waals surface area contributed by atoms with E-state index in [2.05, 4.69) is 25.3 Å². The SMILES string of the molecule is Cc1nc2ncnn2c(C)c1CCC(=O)N1CC[C@@H]2NCCC[C@@H]2C1. The van der Waals surface area contributed by atoms with Crippen molar-refractivity contribution in [3.05, 3.63) is 23.3 Å². The molecule has 134 valence electrons. The van der Waals surface area contributed by atoms with Crippen molar-refractivity contribution in [3.8, 4) is 0 Å². The molecule has 4 heterocycles. The minimum absolute atomic E-state index is 0.265. The van der Waals surface area contributed by atoms with Crippen LogP contribution in [-0.2, 0) is 11.2 Å². The third-order valence-electron chi connectivity index (χ3n) is 5.82. The van der Waals surface area contributed by atoms with Crippen LogP contribution in [0, 0.1) is 19.8 Å². The Bertz CT molecular complexity index is 785. The Morgan fingerprint density at radius 3 is 3.12 bits per heavy atom. The van der Waals surface area contributed by atoms with Crippen LogP contribution >= 0.6 is 0 Å². The number of carbonyl (C=O) groups excluding carboxylic acids is 1. The van der Waals surface area contributed by atoms with Crippen LogP contribution in [0.2, 0.25) is 0 Å². The van der Waals surface area contributed by atoms with Gasteiger partial charge in [0, 0.05) is 36.9 Å². The van der Waals surface area contributed by atoms with Crippen molar-refractivity contribution in [1.29, 1.82) is 0 Å². The molecule has 0 spiro atoms. The lowest BCUT2D eigenvalue weighted by molar-refractivity contribution is -0.133. The highest BCUT2D eigenvalue weighted by atomic mass is 16.2. The number of amides is 1. The normalized spacial score (nSPS) is 23.7. The fourth-order valence-corrected chi connectivity index (χ4v) is 4.38. The van der Waals surface area contributed by atoms with Crippen molar-refractivity contribution in [2.24, 2.45) is 5.92 Å². The molecule has 0 bridgehead atoms. The fourth-order valence-electron chi connectivity index (χ4n) is 4.38. The maximum atomic E-state index is 12.7. The Hall–Kier alpha value is -2.02. The highest BCUT2D eigenvalue weighted by Crippen LogP contribution is 2.25. The average molecular weight is 342 g/mol. The van der Waals surface area contributed by atoms with Crippen molar-refractivity contribution < 1.29 is 4.79 Å². The Morgan fingerprint density at radius 1 is 1.36 bits per heavy atom. The van der Waals surface area contributed by atoms with Gasteiger partial charge in [0.05, 0.1) is 0 Å². The van der Waals surface area contributed by atoms with E-state index in [9.17, 15) is 4.79 Å². The van der Waals surface area contributed by atoms with Gasteiger partial charge in [-0.1, -0.05) is 0 Å². The number of aryl methyl sites for hydroxylation is 2. The molecule has 0 aromatic carbocycles. The number of nitrogens with zero attached hydrogens (tertiary/aromatic N) is 5. The lowest BCUT2D eigenvalue weighted by Gasteiger charge is -2.41. The van der Waals surface area contributed by atoms with E-state index in [1.165, 1.54) is 19.2 Å². The van der Waals surface area contributed by atoms with Crippen LogP contribution in [0.5, 0.6) is 0 Å². The molecule has 2 saturated heterocycles. The van der Waals surface area contributed by atoms with Gasteiger partial charge in [0.25, 0.3) is 5.78 Å². The third kappa shape index (κ3) is 3.13. The summed E-state index contributed by atoms with van der Waals surface area (Å²) in [4.78, 5) is 23.4. The van der Waals surface area contributed by atoms with Gasteiger partial charge in [-0.3, -0.25) is 4.79 Å². The van der Waals surface area contributed by atoms with Crippen molar-refractivity contribution in [3.63, 3.8) is 0 Å². The van der Waals surface area contributed by atoms with Crippen molar-refractivity contribution in [1.82, 2.24) is 29.8 Å². The molecule has 2 atom stereocenters. The molecule has 25 heavy (non-hydrogen) atoms. The lowest BCUT2D eigenvalue weighted by atomic mass is 9.85. The number of nitrogens with one attached hydrogen (secondary N) is 1. The molecular weight excluding hydrogens is 316 g/mol. The summed E-state index contributed by atoms with van der Waals surface area (Å²) in [6.45, 7) is 6.93. The number of fused-ring (bicyclic) bond motifs is 2. The van der Waals surface area contributed by atoms with Gasteiger partial charge in [-0.2, -0.15) is 10.1 Å². The van der Waals surface area contributed by atoms with E-state index in [1.807, 2.05) is 13.8 Å². The first-order chi connectivity index (χ1) is 12.1. The summed E-state index contributed by atoms with van der Waals surface area (Å²) in [5, 5.41) is 7.83. The number of hydrogen-bond acceptors (Lipinski definition) is 5. The molecule has 2 aromatic rings. The first kappa shape index (κ1) is 16.4. The molecule has 7 nitrogen and oxygen atoms in total. The van der Waals surface area contributed by atoms with Crippen molar-refractivity contribution in [2.45, 2.75) is 52.0 Å². The summed E-state index contributed by atoms with van der Waals surface area (Å²) in [7, 11) is 0. The van der Waals surface area contributed by atoms with Gasteiger partial charge in [-0.15, -0.1) is 0 Å². The molecule has 7 heteroatoms. The van der Waals surface area contributed by atoms with Gasteiger partial charge >= 0.3 is 0 Å². The van der Waals surface area contributed by atoms with E-state index < -0.39 is 0 Å². The van der Waals surface area contributed by atoms with Crippen LogP contribution in [0.4, 0.5) is 0 Å². The summed E-state index contributed by atoms with van der Waals surface area (Å²) in [5.41, 5.74) is 3.09. The highest BCUT2D eigenvalue weighted by molar-refractivity contribution is 5.76. The smallest absolute Gasteiger partial charge is 0.252 e. The van der Waals surface area contributed by atoms with E-state index in [0.29, 0.717) is 30.6 Å². The van der Waals surface area contributed by atoms with Crippen LogP contribution in [0.3, 0.4) is 0 Å². The van der Waals surface area contributed by atoms with Crippen molar-refractivity contribution >= 4 is 11.7 Å². The first-order valence-electron chi connectivity index (χ1n) is 9.30. The number of likely N-dealkylation sites (tertiary alicyclic amines) is 1. The van der Waals surface area contributed by atoms with Crippen LogP contribution in [0.1, 0.15) is 42.6 Å². The third-order valence-corrected chi connectivity index (χ3v) is 5.82. The summed E-state index contributed by atoms with van der Waals surface area (Å²) in [5.74, 6) is 1.52. The maximum Gasteiger partial charge on any atom is 0.252 e. The van der Waals surface area contributed by atoms with Gasteiger partial charge in [0.15, 0.2) is 0 Å². The molecule has 1 N–H and O–H groups in total. The van der Waals surface area contributed by atoms with E-state index in [4.69, 9.17) is 0 Å². The Kier molecular flexibility index (Phi) is 4.41. The molecule has 2 aromatic heterocycles. The van der Waals surface area contributed by atoms with E-state index in [-0.39, 0.29) is 5.91 Å². The largest absolute Gasteiger partial charge is 0.342 e. The standard InChI is InChI=1S/C18H26N6O/c1-12-15(13(2)24-18(22-12)20-11-21-24)5-6-17(25)23-9-7-16-14(10-23)4-3-8-19-16/h11,14,16,19H,3-10H2,1-2H3/t14-,16+/m1/s1. The van der Waals surface area contributed by atoms with Crippen LogP contribution < -0.4 is 5.32 Å². The van der Waals surface area contributed by atoms with E-state index >= 15 is 0 Å². The molecular formula is C18H26N6O. The second-order valence-corrected chi connectivity index (χ2v) is 7.32. The average Bonchev–Trinajstić information content (AvgIpc) is 3.09. The Labute approximate surface area is 147 Å². The number of piperidine rings is 2. The minimum atomic E-state index is 0.265. The first-order valence-corrected chi connectivity index (χ1v) is 9.30. The summed E-state index contributed by atoms with van der Waals surface area (Å²) in [6, 6.07) is 0.612. The predicted octanol–water partition coefficient (Wildman–Crippen LogP) is 1.27. The number of aromatic nitrogens is 4. The molecule has 0 radical (unpaired) electrons. The predicted molar refractivity (Wildman–Crippen MR) is 94.3 cm³/mol. The second-order valence-electron chi connectivity index (χ2n) is 7.32. The van der Waals surface area contributed by atoms with Gasteiger partial charge in [-0.25, -0.2) is 9.50 Å². The highest BCUT2D eigenvalue weighted by Gasteiger charge is 2.32. The van der Waals surface area contributed by atoms with Gasteiger partial charge in [0.1, 0.15) is 6.33 Å². The zero-order valence-electron chi connectivity index (χ0n) is 15.0. The zero-order valence-corrected chi connectivity index (χ0v) is 15.0. The molecule has 2 fully saturated rings. The maximum absolute atomic E-state index is 12.7. The monoisotopic (exact) mass is 342 g/mol. The molecule has 0 aliphatic carbocycles. The molecule has 4 rings (SSSR count). The molecule has 0 saturated carbocycles. The number of hydrogen-bond donors (Lipinski definition) is 1. The van der Waals surface area contributed by atoms with Crippen molar-refractivity contribution in [2.75, 3.05) is 19.6 Å². The van der Waals surface area contributed by atoms with Crippen LogP contribution in [0.25, 0.3) is 5.78 Å². The number of carbonyl (C=O) groups is 1. The second kappa shape index (κ2) is 6.71. The zero-order chi connectivity index (χ0) is 17.4. The molecule has 0 unspecified atom stereocenters. The lowest BCUT2D eigenvalue weighted by Crippen LogP contribution is -2.53. The van der Waals surface area contributed by atoms with Crippen LogP contribution in [0.15, 0.2) is 6.33 Å². The van der Waals surface area contributed by atoms with Gasteiger partial charge in [0.2, 0.25) is 5.91 Å². The topological polar surface area (TPSA) is 75.4 Å². The quantitative estimate of drug-likeness (QED) is 0.909. The Balaban J connectivity index is 1.42. The van der Waals surface area contributed by atoms with Gasteiger partial charge in [-0.05, 0) is 57.6 Å². The summed E-state index contributed by atoms with van der Waals surface area (Å²) in [6.07, 6.45) is 6.32. The summed E-state index contributed by atoms with van der Waals surface area (Å²) < 4.78 is 1.76. The molecule has 2 aliphatic heterocycles. The van der Waals surface area contributed by atoms with Gasteiger partial charge < -0.3 is 10.2 Å². The van der Waals surface area contributed by atoms with E-state index in [0.717, 1.165) is 43.0 Å².